The van der Waals surface area contributed by atoms with Crippen molar-refractivity contribution in [3.05, 3.63) is 36.5 Å². The van der Waals surface area contributed by atoms with Crippen LogP contribution < -0.4 is 0 Å². The van der Waals surface area contributed by atoms with Gasteiger partial charge in [-0.2, -0.15) is 0 Å². The summed E-state index contributed by atoms with van der Waals surface area (Å²) in [6.07, 6.45) is 8.94. The molecular formula is C12H19N. The van der Waals surface area contributed by atoms with Crippen LogP contribution >= 0.6 is 0 Å². The molecule has 0 unspecified atom stereocenters. The molecule has 0 aliphatic heterocycles. The molecule has 0 saturated carbocycles. The molecule has 0 aromatic rings. The number of nitrogens with zero attached hydrogens (tertiary/aromatic N) is 1. The van der Waals surface area contributed by atoms with Gasteiger partial charge in [0.1, 0.15) is 0 Å². The molecule has 13 heavy (non-hydrogen) atoms. The summed E-state index contributed by atoms with van der Waals surface area (Å²) in [5.41, 5.74) is 2.41. The maximum atomic E-state index is 4.35. The zero-order valence-corrected chi connectivity index (χ0v) is 8.88. The average molecular weight is 177 g/mol. The third-order valence-electron chi connectivity index (χ3n) is 1.74. The monoisotopic (exact) mass is 177 g/mol. The van der Waals surface area contributed by atoms with Gasteiger partial charge in [-0.05, 0) is 20.3 Å². The second-order valence-electron chi connectivity index (χ2n) is 2.98. The predicted molar refractivity (Wildman–Crippen MR) is 61.4 cm³/mol. The van der Waals surface area contributed by atoms with E-state index in [2.05, 4.69) is 44.5 Å². The summed E-state index contributed by atoms with van der Waals surface area (Å²) in [6, 6.07) is 0. The van der Waals surface area contributed by atoms with Gasteiger partial charge in [0, 0.05) is 5.71 Å². The highest BCUT2D eigenvalue weighted by molar-refractivity contribution is 5.81. The molecule has 0 atom stereocenters. The van der Waals surface area contributed by atoms with E-state index in [1.165, 1.54) is 11.3 Å². The summed E-state index contributed by atoms with van der Waals surface area (Å²) >= 11 is 0. The lowest BCUT2D eigenvalue weighted by Gasteiger charge is -1.92. The molecule has 72 valence electrons. The molecule has 0 aromatic carbocycles. The normalized spacial score (nSPS) is 13.8. The van der Waals surface area contributed by atoms with Crippen molar-refractivity contribution in [3.8, 4) is 0 Å². The van der Waals surface area contributed by atoms with Crippen LogP contribution in [-0.4, -0.2) is 12.3 Å². The molecule has 1 nitrogen and oxygen atoms in total. The minimum Gasteiger partial charge on any atom is -0.290 e. The quantitative estimate of drug-likeness (QED) is 0.450. The molecule has 0 radical (unpaired) electrons. The lowest BCUT2D eigenvalue weighted by atomic mass is 10.2. The van der Waals surface area contributed by atoms with Crippen molar-refractivity contribution >= 4 is 5.71 Å². The van der Waals surface area contributed by atoms with Crippen LogP contribution in [0.1, 0.15) is 27.2 Å². The maximum absolute atomic E-state index is 4.35. The van der Waals surface area contributed by atoms with Gasteiger partial charge in [0.05, 0.1) is 6.54 Å². The van der Waals surface area contributed by atoms with Crippen molar-refractivity contribution in [3.63, 3.8) is 0 Å². The topological polar surface area (TPSA) is 12.4 Å². The average Bonchev–Trinajstić information content (AvgIpc) is 2.12. The zero-order valence-electron chi connectivity index (χ0n) is 8.88. The Morgan fingerprint density at radius 3 is 2.62 bits per heavy atom. The number of aliphatic imine (C=N–C) groups is 1. The molecule has 0 aromatic heterocycles. The Bertz CT molecular complexity index is 232. The summed E-state index contributed by atoms with van der Waals surface area (Å²) < 4.78 is 0. The first-order valence-electron chi connectivity index (χ1n) is 4.66. The molecule has 0 fully saturated rings. The zero-order chi connectivity index (χ0) is 10.1. The van der Waals surface area contributed by atoms with Crippen LogP contribution in [-0.2, 0) is 0 Å². The van der Waals surface area contributed by atoms with E-state index in [4.69, 9.17) is 0 Å². The van der Waals surface area contributed by atoms with Gasteiger partial charge in [-0.1, -0.05) is 43.4 Å². The fourth-order valence-electron chi connectivity index (χ4n) is 0.800. The van der Waals surface area contributed by atoms with Crippen LogP contribution in [0, 0.1) is 0 Å². The molecule has 0 rings (SSSR count). The number of hydrogen-bond acceptors (Lipinski definition) is 1. The molecule has 0 aliphatic carbocycles. The fourth-order valence-corrected chi connectivity index (χ4v) is 0.800. The van der Waals surface area contributed by atoms with E-state index in [-0.39, 0.29) is 0 Å². The Labute approximate surface area is 81.6 Å². The van der Waals surface area contributed by atoms with E-state index in [1.54, 1.807) is 6.08 Å². The van der Waals surface area contributed by atoms with E-state index < -0.39 is 0 Å². The Morgan fingerprint density at radius 1 is 1.38 bits per heavy atom. The molecule has 0 bridgehead atoms. The van der Waals surface area contributed by atoms with Crippen LogP contribution in [0.5, 0.6) is 0 Å². The summed E-state index contributed by atoms with van der Waals surface area (Å²) in [5.74, 6) is 0. The minimum absolute atomic E-state index is 0.780. The highest BCUT2D eigenvalue weighted by Gasteiger charge is 1.82. The van der Waals surface area contributed by atoms with E-state index in [1.807, 2.05) is 6.08 Å². The lowest BCUT2D eigenvalue weighted by molar-refractivity contribution is 1.16. The molecule has 0 N–H and O–H groups in total. The number of allylic oxidation sites excluding steroid dienone is 4. The van der Waals surface area contributed by atoms with Crippen LogP contribution in [0.2, 0.25) is 0 Å². The van der Waals surface area contributed by atoms with Crippen molar-refractivity contribution in [1.29, 1.82) is 0 Å². The molecule has 0 aliphatic rings. The van der Waals surface area contributed by atoms with Gasteiger partial charge in [0.15, 0.2) is 0 Å². The first-order chi connectivity index (χ1) is 6.20. The maximum Gasteiger partial charge on any atom is 0.0572 e. The van der Waals surface area contributed by atoms with Gasteiger partial charge in [0.2, 0.25) is 0 Å². The lowest BCUT2D eigenvalue weighted by Crippen LogP contribution is -1.88. The van der Waals surface area contributed by atoms with Crippen LogP contribution in [0.3, 0.4) is 0 Å². The third kappa shape index (κ3) is 7.26. The minimum atomic E-state index is 0.780. The molecule has 1 heteroatoms. The first-order valence-corrected chi connectivity index (χ1v) is 4.66. The van der Waals surface area contributed by atoms with Crippen LogP contribution in [0.15, 0.2) is 41.4 Å². The van der Waals surface area contributed by atoms with Crippen molar-refractivity contribution in [1.82, 2.24) is 0 Å². The van der Waals surface area contributed by atoms with Crippen molar-refractivity contribution in [2.24, 2.45) is 4.99 Å². The molecule has 0 amide bonds. The van der Waals surface area contributed by atoms with Gasteiger partial charge in [-0.3, -0.25) is 4.99 Å². The second kappa shape index (κ2) is 7.53. The molecular weight excluding hydrogens is 158 g/mol. The SMILES string of the molecule is C=C/C=C(C)/C=C\C/N=C(\C)CC. The van der Waals surface area contributed by atoms with Gasteiger partial charge < -0.3 is 0 Å². The van der Waals surface area contributed by atoms with Gasteiger partial charge in [-0.25, -0.2) is 0 Å². The smallest absolute Gasteiger partial charge is 0.0572 e. The number of hydrogen-bond donors (Lipinski definition) is 0. The fraction of sp³-hybridized carbons (Fsp3) is 0.417. The number of rotatable bonds is 5. The van der Waals surface area contributed by atoms with Crippen LogP contribution in [0.4, 0.5) is 0 Å². The Morgan fingerprint density at radius 2 is 2.08 bits per heavy atom. The molecule has 0 saturated heterocycles. The van der Waals surface area contributed by atoms with E-state index in [0.717, 1.165) is 13.0 Å². The van der Waals surface area contributed by atoms with Crippen molar-refractivity contribution in [2.75, 3.05) is 6.54 Å². The largest absolute Gasteiger partial charge is 0.290 e. The summed E-state index contributed by atoms with van der Waals surface area (Å²) in [4.78, 5) is 4.35. The van der Waals surface area contributed by atoms with E-state index >= 15 is 0 Å². The van der Waals surface area contributed by atoms with Crippen molar-refractivity contribution in [2.45, 2.75) is 27.2 Å². The molecule has 0 spiro atoms. The third-order valence-corrected chi connectivity index (χ3v) is 1.74. The van der Waals surface area contributed by atoms with E-state index in [0.29, 0.717) is 0 Å². The summed E-state index contributed by atoms with van der Waals surface area (Å²) in [5, 5.41) is 0. The highest BCUT2D eigenvalue weighted by atomic mass is 14.7. The Balaban J connectivity index is 3.88. The highest BCUT2D eigenvalue weighted by Crippen LogP contribution is 1.95. The Hall–Kier alpha value is -1.11. The molecule has 0 heterocycles. The van der Waals surface area contributed by atoms with Crippen LogP contribution in [0.25, 0.3) is 0 Å². The predicted octanol–water partition coefficient (Wildman–Crippen LogP) is 3.55. The first kappa shape index (κ1) is 11.9. The van der Waals surface area contributed by atoms with Crippen molar-refractivity contribution < 1.29 is 0 Å². The summed E-state index contributed by atoms with van der Waals surface area (Å²) in [7, 11) is 0. The van der Waals surface area contributed by atoms with E-state index in [9.17, 15) is 0 Å². The standard InChI is InChI=1S/C12H19N/c1-5-8-11(3)9-7-10-13-12(4)6-2/h5,7-9H,1,6,10H2,2-4H3/b9-7-,11-8+,13-12+. The van der Waals surface area contributed by atoms with Gasteiger partial charge in [-0.15, -0.1) is 0 Å². The Kier molecular flexibility index (Phi) is 6.89. The second-order valence-corrected chi connectivity index (χ2v) is 2.98. The summed E-state index contributed by atoms with van der Waals surface area (Å²) in [6.45, 7) is 10.6. The van der Waals surface area contributed by atoms with Gasteiger partial charge in [0.25, 0.3) is 0 Å². The van der Waals surface area contributed by atoms with Gasteiger partial charge >= 0.3 is 0 Å².